The zero-order valence-corrected chi connectivity index (χ0v) is 51.6. The molecule has 24 nitrogen and oxygen atoms in total. The second kappa shape index (κ2) is 31.3. The van der Waals surface area contributed by atoms with Gasteiger partial charge in [0.25, 0.3) is 46.4 Å². The number of ether oxygens (including phenoxy) is 8. The highest BCUT2D eigenvalue weighted by atomic mass is 19.4. The number of aromatic hydroxyl groups is 2. The number of alkyl halides is 3. The maximum atomic E-state index is 12.9. The summed E-state index contributed by atoms with van der Waals surface area (Å²) in [6.45, 7) is 5.82. The van der Waals surface area contributed by atoms with Crippen LogP contribution in [-0.4, -0.2) is 98.5 Å². The molecule has 12 rings (SSSR count). The van der Waals surface area contributed by atoms with Gasteiger partial charge in [0.15, 0.2) is 23.3 Å². The second-order valence-corrected chi connectivity index (χ2v) is 19.7. The van der Waals surface area contributed by atoms with E-state index in [1.807, 2.05) is 81.4 Å². The van der Waals surface area contributed by atoms with Crippen LogP contribution in [0.1, 0.15) is 22.3 Å². The third-order valence-corrected chi connectivity index (χ3v) is 12.7. The van der Waals surface area contributed by atoms with Gasteiger partial charge in [-0.05, 0) is 141 Å². The van der Waals surface area contributed by atoms with Gasteiger partial charge >= 0.3 is 6.18 Å². The van der Waals surface area contributed by atoms with E-state index in [0.29, 0.717) is 51.7 Å². The first-order chi connectivity index (χ1) is 45.9. The number of nitrogens with one attached hydrogen (secondary N) is 2. The fourth-order valence-corrected chi connectivity index (χ4v) is 8.32. The molecule has 0 bridgehead atoms. The molecule has 0 aliphatic heterocycles. The Morgan fingerprint density at radius 2 is 0.737 bits per heavy atom. The van der Waals surface area contributed by atoms with E-state index in [1.165, 1.54) is 40.6 Å². The number of aromatic nitrogens is 12. The van der Waals surface area contributed by atoms with Gasteiger partial charge < -0.3 is 58.1 Å². The zero-order valence-electron chi connectivity index (χ0n) is 51.6. The van der Waals surface area contributed by atoms with Crippen molar-refractivity contribution in [3.8, 4) is 127 Å². The average molecular weight is 1290 g/mol. The van der Waals surface area contributed by atoms with Gasteiger partial charge in [0.2, 0.25) is 23.0 Å². The van der Waals surface area contributed by atoms with Crippen molar-refractivity contribution in [3.63, 3.8) is 0 Å². The molecule has 0 saturated heterocycles. The lowest BCUT2D eigenvalue weighted by atomic mass is 10.2. The lowest BCUT2D eigenvalue weighted by Gasteiger charge is -2.14. The maximum absolute atomic E-state index is 12.9. The van der Waals surface area contributed by atoms with Crippen molar-refractivity contribution in [1.29, 1.82) is 0 Å². The molecule has 27 heteroatoms. The van der Waals surface area contributed by atoms with E-state index in [9.17, 15) is 33.0 Å². The molecule has 0 amide bonds. The molecule has 0 unspecified atom stereocenters. The molecular formula is C68H57F3N12O12. The Hall–Kier alpha value is -12.8. The third-order valence-electron chi connectivity index (χ3n) is 12.7. The summed E-state index contributed by atoms with van der Waals surface area (Å²) in [5, 5.41) is 20.0. The van der Waals surface area contributed by atoms with Crippen molar-refractivity contribution in [2.45, 2.75) is 26.9 Å². The fourth-order valence-electron chi connectivity index (χ4n) is 8.32. The van der Waals surface area contributed by atoms with Crippen molar-refractivity contribution in [3.05, 3.63) is 238 Å². The minimum Gasteiger partial charge on any atom is -0.499 e. The number of methoxy groups -OCH3 is 4. The molecule has 95 heavy (non-hydrogen) atoms. The van der Waals surface area contributed by atoms with Crippen molar-refractivity contribution in [2.75, 3.05) is 28.4 Å². The summed E-state index contributed by atoms with van der Waals surface area (Å²) in [5.41, 5.74) is 3.13. The maximum Gasteiger partial charge on any atom is 0.416 e. The molecule has 0 atom stereocenters. The molecule has 12 aromatic rings. The molecule has 8 heterocycles. The zero-order chi connectivity index (χ0) is 67.4. The van der Waals surface area contributed by atoms with Gasteiger partial charge in [-0.3, -0.25) is 29.5 Å². The predicted molar refractivity (Wildman–Crippen MR) is 342 cm³/mol. The Bertz CT molecular complexity index is 4680. The van der Waals surface area contributed by atoms with E-state index >= 15 is 0 Å². The summed E-state index contributed by atoms with van der Waals surface area (Å²) in [6.07, 6.45) is 1.91. The number of aryl methyl sites for hydroxylation is 3. The van der Waals surface area contributed by atoms with E-state index < -0.39 is 28.6 Å². The summed E-state index contributed by atoms with van der Waals surface area (Å²) in [6, 6.07) is 47.7. The van der Waals surface area contributed by atoms with E-state index in [2.05, 4.69) is 59.8 Å². The third kappa shape index (κ3) is 17.8. The Morgan fingerprint density at radius 3 is 1.16 bits per heavy atom. The normalized spacial score (nSPS) is 10.6. The number of pyridine rings is 4. The van der Waals surface area contributed by atoms with Crippen LogP contribution in [0.5, 0.6) is 81.3 Å². The molecule has 0 fully saturated rings. The SMILES string of the molecule is COc1c(Oc2cccc(C)c2)nc(-c2ccccn2)[nH]c1=O.COc1nc(-c2ccccn2)nc(Oc2cccc(C(F)(F)F)c2)c1OC.COc1nc(-c2ccccn2)nc(Oc2cccc(C)c2)c1O.Cc1cccc(Oc2nc(-c3ccccn3)[nH]c(=O)c2O)c1. The highest BCUT2D eigenvalue weighted by molar-refractivity contribution is 5.58. The summed E-state index contributed by atoms with van der Waals surface area (Å²) >= 11 is 0. The number of halogens is 3. The largest absolute Gasteiger partial charge is 0.499 e. The van der Waals surface area contributed by atoms with E-state index in [0.717, 1.165) is 28.8 Å². The topological polar surface area (TPSA) is 309 Å². The molecule has 0 radical (unpaired) electrons. The molecule has 0 spiro atoms. The van der Waals surface area contributed by atoms with Gasteiger partial charge in [0.1, 0.15) is 45.8 Å². The quantitative estimate of drug-likeness (QED) is 0.0698. The summed E-state index contributed by atoms with van der Waals surface area (Å²) < 4.78 is 81.9. The van der Waals surface area contributed by atoms with Crippen LogP contribution in [0.4, 0.5) is 13.2 Å². The number of hydrogen-bond donors (Lipinski definition) is 4. The Labute approximate surface area is 539 Å². The molecule has 0 saturated carbocycles. The van der Waals surface area contributed by atoms with Crippen LogP contribution in [0.25, 0.3) is 46.1 Å². The van der Waals surface area contributed by atoms with Crippen LogP contribution in [0.2, 0.25) is 0 Å². The molecule has 4 N–H and O–H groups in total. The van der Waals surface area contributed by atoms with E-state index in [1.54, 1.807) is 110 Å². The molecular weight excluding hydrogens is 1230 g/mol. The average Bonchev–Trinajstić information content (AvgIpc) is 1.08. The predicted octanol–water partition coefficient (Wildman–Crippen LogP) is 13.3. The number of H-pyrrole nitrogens is 2. The van der Waals surface area contributed by atoms with E-state index in [-0.39, 0.29) is 69.9 Å². The first kappa shape index (κ1) is 66.6. The Kier molecular flexibility index (Phi) is 21.9. The molecule has 4 aromatic carbocycles. The van der Waals surface area contributed by atoms with Gasteiger partial charge in [-0.2, -0.15) is 43.1 Å². The first-order valence-corrected chi connectivity index (χ1v) is 28.3. The molecule has 0 aliphatic carbocycles. The highest BCUT2D eigenvalue weighted by Gasteiger charge is 2.31. The van der Waals surface area contributed by atoms with Gasteiger partial charge in [0, 0.05) is 24.8 Å². The monoisotopic (exact) mass is 1290 g/mol. The summed E-state index contributed by atoms with van der Waals surface area (Å²) in [5.74, 6) is 1.81. The van der Waals surface area contributed by atoms with Gasteiger partial charge in [-0.1, -0.05) is 66.7 Å². The van der Waals surface area contributed by atoms with Crippen molar-refractivity contribution >= 4 is 0 Å². The minimum absolute atomic E-state index is 0.0168. The Balaban J connectivity index is 0.000000149. The van der Waals surface area contributed by atoms with Crippen LogP contribution < -0.4 is 49.0 Å². The van der Waals surface area contributed by atoms with Gasteiger partial charge in [0.05, 0.1) is 34.0 Å². The smallest absolute Gasteiger partial charge is 0.416 e. The number of benzene rings is 4. The molecule has 0 aliphatic rings. The fraction of sp³-hybridized carbons (Fsp3) is 0.118. The number of aromatic amines is 2. The minimum atomic E-state index is -4.49. The van der Waals surface area contributed by atoms with Crippen LogP contribution in [0.3, 0.4) is 0 Å². The second-order valence-electron chi connectivity index (χ2n) is 19.7. The molecule has 482 valence electrons. The summed E-state index contributed by atoms with van der Waals surface area (Å²) in [7, 11) is 5.54. The van der Waals surface area contributed by atoms with Crippen LogP contribution in [0, 0.1) is 20.8 Å². The van der Waals surface area contributed by atoms with Gasteiger partial charge in [-0.15, -0.1) is 0 Å². The van der Waals surface area contributed by atoms with Crippen LogP contribution in [0.15, 0.2) is 204 Å². The highest BCUT2D eigenvalue weighted by Crippen LogP contribution is 2.41. The standard InChI is InChI=1S/C18H14F3N3O3.2C17H15N3O3.C16H13N3O3/c1-25-14-16(26-2)23-15(13-8-3-4-9-22-13)24-17(14)27-12-7-5-6-11(10-12)18(19,20)21;1-11-6-5-7-12(10-11)23-17-14(22-2)16(21)19-15(20-17)13-8-3-4-9-18-13;1-11-6-5-7-12(10-11)23-17-14(21)16(22-2)19-15(20-17)13-8-3-4-9-18-13;1-10-5-4-6-11(9-10)22-16-13(20)15(21)18-14(19-16)12-7-2-3-8-17-12/h3-10H,1-2H3;3-10H,1-2H3,(H,19,20,21);3-10,21H,1-2H3;2-9,20H,1H3,(H,18,19,21). The van der Waals surface area contributed by atoms with Crippen molar-refractivity contribution in [1.82, 2.24) is 59.8 Å². The number of rotatable bonds is 16. The lowest BCUT2D eigenvalue weighted by Crippen LogP contribution is -2.13. The molecule has 8 aromatic heterocycles. The van der Waals surface area contributed by atoms with E-state index in [4.69, 9.17) is 37.9 Å². The van der Waals surface area contributed by atoms with Crippen LogP contribution in [-0.2, 0) is 6.18 Å². The van der Waals surface area contributed by atoms with Gasteiger partial charge in [-0.25, -0.2) is 0 Å². The number of hydrogen-bond acceptors (Lipinski definition) is 22. The van der Waals surface area contributed by atoms with Crippen molar-refractivity contribution in [2.24, 2.45) is 0 Å². The Morgan fingerprint density at radius 1 is 0.368 bits per heavy atom. The lowest BCUT2D eigenvalue weighted by molar-refractivity contribution is -0.137. The van der Waals surface area contributed by atoms with Crippen molar-refractivity contribution < 1.29 is 61.3 Å². The number of nitrogens with zero attached hydrogens (tertiary/aromatic N) is 10. The first-order valence-electron chi connectivity index (χ1n) is 28.3. The van der Waals surface area contributed by atoms with Crippen LogP contribution >= 0.6 is 0 Å². The summed E-state index contributed by atoms with van der Waals surface area (Å²) in [4.78, 5) is 71.1.